The molecule has 2 amide bonds. The summed E-state index contributed by atoms with van der Waals surface area (Å²) in [4.78, 5) is 24.8. The molecule has 2 unspecified atom stereocenters. The minimum absolute atomic E-state index is 0.00711. The van der Waals surface area contributed by atoms with E-state index in [9.17, 15) is 14.0 Å². The van der Waals surface area contributed by atoms with Gasteiger partial charge in [0, 0.05) is 29.7 Å². The lowest BCUT2D eigenvalue weighted by atomic mass is 9.44. The van der Waals surface area contributed by atoms with E-state index in [1.54, 1.807) is 0 Å². The van der Waals surface area contributed by atoms with E-state index in [-0.39, 0.29) is 46.3 Å². The predicted molar refractivity (Wildman–Crippen MR) is 106 cm³/mol. The molecule has 3 N–H and O–H groups in total. The van der Waals surface area contributed by atoms with E-state index in [1.807, 2.05) is 0 Å². The van der Waals surface area contributed by atoms with Crippen LogP contribution in [0.25, 0.3) is 0 Å². The molecule has 3 aliphatic carbocycles. The lowest BCUT2D eigenvalue weighted by Gasteiger charge is -2.70. The van der Waals surface area contributed by atoms with Crippen LogP contribution in [0.2, 0.25) is 5.02 Å². The average molecular weight is 425 g/mol. The van der Waals surface area contributed by atoms with E-state index in [0.717, 1.165) is 38.3 Å². The molecule has 9 heteroatoms. The fraction of sp³-hybridized carbons (Fsp3) is 0.600. The van der Waals surface area contributed by atoms with Crippen LogP contribution < -0.4 is 20.8 Å². The number of nitrogens with zero attached hydrogens (tertiary/aromatic N) is 1. The van der Waals surface area contributed by atoms with E-state index in [1.165, 1.54) is 12.1 Å². The number of hydrazine groups is 1. The summed E-state index contributed by atoms with van der Waals surface area (Å²) in [6.45, 7) is 4.83. The summed E-state index contributed by atoms with van der Waals surface area (Å²) in [5, 5.41) is 8.25. The lowest BCUT2D eigenvalue weighted by Crippen LogP contribution is -2.84. The van der Waals surface area contributed by atoms with Crippen LogP contribution >= 0.6 is 11.6 Å². The minimum atomic E-state index is -0.588. The van der Waals surface area contributed by atoms with Crippen molar-refractivity contribution in [2.24, 2.45) is 0 Å². The summed E-state index contributed by atoms with van der Waals surface area (Å²) in [5.74, 6) is -0.567. The molecule has 0 aromatic heterocycles. The van der Waals surface area contributed by atoms with Crippen molar-refractivity contribution in [3.05, 3.63) is 29.0 Å². The zero-order valence-corrected chi connectivity index (χ0v) is 17.3. The Morgan fingerprint density at radius 1 is 1.31 bits per heavy atom. The van der Waals surface area contributed by atoms with Crippen molar-refractivity contribution >= 4 is 23.4 Å². The highest BCUT2D eigenvalue weighted by Crippen LogP contribution is 2.60. The molecule has 1 saturated heterocycles. The van der Waals surface area contributed by atoms with Crippen molar-refractivity contribution < 1.29 is 18.7 Å². The first-order valence-electron chi connectivity index (χ1n) is 9.97. The van der Waals surface area contributed by atoms with Gasteiger partial charge in [0.15, 0.2) is 6.61 Å². The molecule has 2 atom stereocenters. The highest BCUT2D eigenvalue weighted by atomic mass is 35.5. The topological polar surface area (TPSA) is 82.7 Å². The molecule has 1 heterocycles. The van der Waals surface area contributed by atoms with E-state index < -0.39 is 5.82 Å². The standard InChI is InChI=1S/C20H26ClFN4O3/c1-3-26-12(2)6-16(25-26)18(28)24-20-9-19(10-20,11-20)23-17(27)8-29-13-4-5-14(21)15(22)7-13/h4-5,7,12,16,25H,3,6,8-11H2,1-2H3,(H,23,27)(H,24,28). The number of hydrogen-bond acceptors (Lipinski definition) is 5. The first-order chi connectivity index (χ1) is 13.7. The van der Waals surface area contributed by atoms with Crippen LogP contribution in [-0.2, 0) is 9.59 Å². The van der Waals surface area contributed by atoms with E-state index in [4.69, 9.17) is 16.3 Å². The van der Waals surface area contributed by atoms with Crippen LogP contribution in [0.3, 0.4) is 0 Å². The average Bonchev–Trinajstić information content (AvgIpc) is 3.00. The van der Waals surface area contributed by atoms with Gasteiger partial charge in [0.2, 0.25) is 5.91 Å². The largest absolute Gasteiger partial charge is 0.484 e. The fourth-order valence-corrected chi connectivity index (χ4v) is 4.98. The number of amides is 2. The van der Waals surface area contributed by atoms with Crippen molar-refractivity contribution in [1.82, 2.24) is 21.1 Å². The van der Waals surface area contributed by atoms with Gasteiger partial charge in [0.25, 0.3) is 5.91 Å². The number of hydrogen-bond donors (Lipinski definition) is 3. The van der Waals surface area contributed by atoms with Crippen LogP contribution in [-0.4, -0.2) is 53.1 Å². The van der Waals surface area contributed by atoms with E-state index in [2.05, 4.69) is 34.9 Å². The molecular weight excluding hydrogens is 399 g/mol. The quantitative estimate of drug-likeness (QED) is 0.621. The summed E-state index contributed by atoms with van der Waals surface area (Å²) in [5.41, 5.74) is 2.80. The second-order valence-corrected chi connectivity index (χ2v) is 8.95. The Bertz CT molecular complexity index is 816. The van der Waals surface area contributed by atoms with E-state index in [0.29, 0.717) is 6.04 Å². The van der Waals surface area contributed by atoms with Crippen molar-refractivity contribution in [2.45, 2.75) is 62.7 Å². The SMILES string of the molecule is CCN1NC(C(=O)NC23CC(NC(=O)COc4ccc(Cl)c(F)c4)(C2)C3)CC1C. The molecule has 29 heavy (non-hydrogen) atoms. The van der Waals surface area contributed by atoms with Gasteiger partial charge in [-0.2, -0.15) is 0 Å². The summed E-state index contributed by atoms with van der Waals surface area (Å²) in [6, 6.07) is 4.19. The third-order valence-electron chi connectivity index (χ3n) is 6.17. The number of rotatable bonds is 7. The summed E-state index contributed by atoms with van der Waals surface area (Å²) in [6.07, 6.45) is 2.98. The van der Waals surface area contributed by atoms with Gasteiger partial charge in [0.1, 0.15) is 17.6 Å². The first kappa shape index (κ1) is 20.4. The molecule has 3 saturated carbocycles. The van der Waals surface area contributed by atoms with Crippen molar-refractivity contribution in [3.8, 4) is 5.75 Å². The first-order valence-corrected chi connectivity index (χ1v) is 10.3. The van der Waals surface area contributed by atoms with E-state index >= 15 is 0 Å². The maximum atomic E-state index is 13.4. The van der Waals surface area contributed by atoms with Crippen LogP contribution in [0, 0.1) is 5.82 Å². The van der Waals surface area contributed by atoms with Crippen molar-refractivity contribution in [3.63, 3.8) is 0 Å². The number of carbonyl (C=O) groups excluding carboxylic acids is 2. The fourth-order valence-electron chi connectivity index (χ4n) is 4.87. The minimum Gasteiger partial charge on any atom is -0.484 e. The smallest absolute Gasteiger partial charge is 0.258 e. The molecule has 1 aromatic rings. The van der Waals surface area contributed by atoms with Gasteiger partial charge in [-0.3, -0.25) is 9.59 Å². The van der Waals surface area contributed by atoms with Gasteiger partial charge in [-0.05, 0) is 44.7 Å². The molecule has 2 bridgehead atoms. The lowest BCUT2D eigenvalue weighted by molar-refractivity contribution is -0.151. The number of benzene rings is 1. The molecule has 0 radical (unpaired) electrons. The predicted octanol–water partition coefficient (Wildman–Crippen LogP) is 1.75. The number of carbonyl (C=O) groups is 2. The third-order valence-corrected chi connectivity index (χ3v) is 6.48. The Morgan fingerprint density at radius 2 is 2.00 bits per heavy atom. The van der Waals surface area contributed by atoms with Crippen LogP contribution in [0.5, 0.6) is 5.75 Å². The molecule has 4 fully saturated rings. The van der Waals surface area contributed by atoms with Crippen LogP contribution in [0.1, 0.15) is 39.5 Å². The van der Waals surface area contributed by atoms with Gasteiger partial charge in [-0.1, -0.05) is 18.5 Å². The summed E-state index contributed by atoms with van der Waals surface area (Å²) < 4.78 is 18.7. The van der Waals surface area contributed by atoms with Gasteiger partial charge >= 0.3 is 0 Å². The highest BCUT2D eigenvalue weighted by molar-refractivity contribution is 6.30. The Hall–Kier alpha value is -1.90. The van der Waals surface area contributed by atoms with Gasteiger partial charge in [-0.15, -0.1) is 0 Å². The summed E-state index contributed by atoms with van der Waals surface area (Å²) >= 11 is 5.63. The summed E-state index contributed by atoms with van der Waals surface area (Å²) in [7, 11) is 0. The number of ether oxygens (including phenoxy) is 1. The molecule has 158 valence electrons. The van der Waals surface area contributed by atoms with Crippen LogP contribution in [0.15, 0.2) is 18.2 Å². The van der Waals surface area contributed by atoms with Gasteiger partial charge in [-0.25, -0.2) is 14.8 Å². The van der Waals surface area contributed by atoms with Gasteiger partial charge < -0.3 is 15.4 Å². The van der Waals surface area contributed by atoms with Crippen molar-refractivity contribution in [2.75, 3.05) is 13.2 Å². The Balaban J connectivity index is 1.20. The third kappa shape index (κ3) is 3.93. The maximum Gasteiger partial charge on any atom is 0.258 e. The maximum absolute atomic E-state index is 13.4. The normalized spacial score (nSPS) is 32.8. The number of halogens is 2. The second-order valence-electron chi connectivity index (χ2n) is 8.55. The second kappa shape index (κ2) is 7.41. The zero-order chi connectivity index (χ0) is 20.8. The Labute approximate surface area is 174 Å². The molecule has 0 spiro atoms. The molecule has 1 aromatic carbocycles. The number of nitrogens with one attached hydrogen (secondary N) is 3. The van der Waals surface area contributed by atoms with Crippen LogP contribution in [0.4, 0.5) is 4.39 Å². The molecule has 7 nitrogen and oxygen atoms in total. The molecule has 1 aliphatic heterocycles. The molecule has 4 aliphatic rings. The highest BCUT2D eigenvalue weighted by Gasteiger charge is 2.69. The monoisotopic (exact) mass is 424 g/mol. The molecule has 5 rings (SSSR count). The Morgan fingerprint density at radius 3 is 2.62 bits per heavy atom. The van der Waals surface area contributed by atoms with Gasteiger partial charge in [0.05, 0.1) is 5.02 Å². The zero-order valence-electron chi connectivity index (χ0n) is 16.6. The Kier molecular flexibility index (Phi) is 5.21. The van der Waals surface area contributed by atoms with Crippen molar-refractivity contribution in [1.29, 1.82) is 0 Å². The molecular formula is C20H26ClFN4O3.